The molecule has 0 fully saturated rings. The van der Waals surface area contributed by atoms with Crippen molar-refractivity contribution in [1.29, 1.82) is 0 Å². The van der Waals surface area contributed by atoms with Crippen LogP contribution in [0.4, 0.5) is 13.2 Å². The molecule has 0 N–H and O–H groups in total. The molecule has 130 valence electrons. The predicted octanol–water partition coefficient (Wildman–Crippen LogP) is 3.91. The first-order valence-corrected chi connectivity index (χ1v) is 7.27. The van der Waals surface area contributed by atoms with Gasteiger partial charge in [0.05, 0.1) is 0 Å². The summed E-state index contributed by atoms with van der Waals surface area (Å²) in [6.07, 6.45) is -3.25. The number of halogens is 4. The summed E-state index contributed by atoms with van der Waals surface area (Å²) in [5.41, 5.74) is 0.585. The van der Waals surface area contributed by atoms with Gasteiger partial charge in [-0.15, -0.1) is 23.4 Å². The zero-order valence-corrected chi connectivity index (χ0v) is 13.3. The van der Waals surface area contributed by atoms with Crippen molar-refractivity contribution in [3.8, 4) is 22.9 Å². The maximum absolute atomic E-state index is 12.4. The van der Waals surface area contributed by atoms with E-state index in [1.807, 2.05) is 0 Å². The number of alkyl halides is 3. The fraction of sp³-hybridized carbons (Fsp3) is 0.133. The van der Waals surface area contributed by atoms with E-state index in [9.17, 15) is 13.2 Å². The summed E-state index contributed by atoms with van der Waals surface area (Å²) in [4.78, 5) is 0. The lowest BCUT2D eigenvalue weighted by atomic mass is 10.2. The molecular formula is C15H10ClF3N4O2. The van der Waals surface area contributed by atoms with Crippen molar-refractivity contribution in [2.45, 2.75) is 6.36 Å². The number of nitrogens with zero attached hydrogens (tertiary/aromatic N) is 4. The maximum atomic E-state index is 12.4. The number of fused-ring (bicyclic) bond motifs is 1. The standard InChI is InChI=1S/C15H10ClF3N4O2/c1-2-6-24-11-8-12(16)22-23-13(20-21-14(11)23)9-4-3-5-10(7-9)25-15(17,18)19/h2-5,7-8H,1,6H2. The Morgan fingerprint density at radius 3 is 2.76 bits per heavy atom. The average Bonchev–Trinajstić information content (AvgIpc) is 2.95. The van der Waals surface area contributed by atoms with E-state index in [-0.39, 0.29) is 29.0 Å². The van der Waals surface area contributed by atoms with Crippen LogP contribution >= 0.6 is 11.6 Å². The Labute approximate surface area is 144 Å². The molecule has 0 saturated heterocycles. The van der Waals surface area contributed by atoms with E-state index in [1.165, 1.54) is 28.8 Å². The summed E-state index contributed by atoms with van der Waals surface area (Å²) in [7, 11) is 0. The zero-order valence-electron chi connectivity index (χ0n) is 12.5. The molecule has 2 aromatic heterocycles. The van der Waals surface area contributed by atoms with Crippen LogP contribution in [0.3, 0.4) is 0 Å². The van der Waals surface area contributed by atoms with Gasteiger partial charge in [-0.25, -0.2) is 0 Å². The Morgan fingerprint density at radius 1 is 1.24 bits per heavy atom. The highest BCUT2D eigenvalue weighted by Gasteiger charge is 2.31. The monoisotopic (exact) mass is 370 g/mol. The Balaban J connectivity index is 2.06. The van der Waals surface area contributed by atoms with Crippen molar-refractivity contribution in [3.05, 3.63) is 48.1 Å². The topological polar surface area (TPSA) is 61.5 Å². The molecule has 10 heteroatoms. The van der Waals surface area contributed by atoms with Crippen molar-refractivity contribution in [2.24, 2.45) is 0 Å². The molecule has 6 nitrogen and oxygen atoms in total. The van der Waals surface area contributed by atoms with Crippen molar-refractivity contribution < 1.29 is 22.6 Å². The van der Waals surface area contributed by atoms with E-state index in [2.05, 4.69) is 26.6 Å². The molecule has 0 aliphatic rings. The summed E-state index contributed by atoms with van der Waals surface area (Å²) >= 11 is 5.97. The van der Waals surface area contributed by atoms with Crippen molar-refractivity contribution in [2.75, 3.05) is 6.61 Å². The third-order valence-electron chi connectivity index (χ3n) is 2.99. The first-order chi connectivity index (χ1) is 11.9. The molecule has 25 heavy (non-hydrogen) atoms. The van der Waals surface area contributed by atoms with E-state index in [0.717, 1.165) is 0 Å². The molecule has 0 unspecified atom stereocenters. The minimum atomic E-state index is -4.79. The summed E-state index contributed by atoms with van der Waals surface area (Å²) in [5, 5.41) is 12.1. The van der Waals surface area contributed by atoms with E-state index < -0.39 is 6.36 Å². The van der Waals surface area contributed by atoms with Crippen LogP contribution in [0.5, 0.6) is 11.5 Å². The quantitative estimate of drug-likeness (QED) is 0.637. The fourth-order valence-corrected chi connectivity index (χ4v) is 2.27. The minimum Gasteiger partial charge on any atom is -0.485 e. The van der Waals surface area contributed by atoms with Crippen LogP contribution in [0.15, 0.2) is 43.0 Å². The van der Waals surface area contributed by atoms with E-state index in [0.29, 0.717) is 11.3 Å². The van der Waals surface area contributed by atoms with Gasteiger partial charge >= 0.3 is 6.36 Å². The maximum Gasteiger partial charge on any atom is 0.573 e. The van der Waals surface area contributed by atoms with E-state index in [1.54, 1.807) is 12.1 Å². The molecule has 3 aromatic rings. The van der Waals surface area contributed by atoms with Gasteiger partial charge in [-0.1, -0.05) is 36.4 Å². The Morgan fingerprint density at radius 2 is 2.04 bits per heavy atom. The first kappa shape index (κ1) is 17.0. The average molecular weight is 371 g/mol. The number of benzene rings is 1. The van der Waals surface area contributed by atoms with Crippen LogP contribution in [0, 0.1) is 0 Å². The van der Waals surface area contributed by atoms with Gasteiger partial charge in [0, 0.05) is 11.6 Å². The predicted molar refractivity (Wildman–Crippen MR) is 83.6 cm³/mol. The summed E-state index contributed by atoms with van der Waals surface area (Å²) in [5.74, 6) is 0.127. The molecule has 2 heterocycles. The summed E-state index contributed by atoms with van der Waals surface area (Å²) < 4.78 is 47.8. The van der Waals surface area contributed by atoms with Gasteiger partial charge in [0.2, 0.25) is 5.65 Å². The van der Waals surface area contributed by atoms with Gasteiger partial charge in [-0.05, 0) is 12.1 Å². The largest absolute Gasteiger partial charge is 0.573 e. The van der Waals surface area contributed by atoms with E-state index >= 15 is 0 Å². The molecule has 0 radical (unpaired) electrons. The summed E-state index contributed by atoms with van der Waals surface area (Å²) in [6.45, 7) is 3.76. The number of rotatable bonds is 5. The SMILES string of the molecule is C=CCOc1cc(Cl)nn2c(-c3cccc(OC(F)(F)F)c3)nnc12. The van der Waals surface area contributed by atoms with Crippen LogP contribution in [-0.2, 0) is 0 Å². The van der Waals surface area contributed by atoms with Crippen LogP contribution < -0.4 is 9.47 Å². The van der Waals surface area contributed by atoms with Crippen molar-refractivity contribution >= 4 is 17.2 Å². The lowest BCUT2D eigenvalue weighted by molar-refractivity contribution is -0.274. The number of ether oxygens (including phenoxy) is 2. The van der Waals surface area contributed by atoms with Crippen LogP contribution in [-0.4, -0.2) is 32.8 Å². The van der Waals surface area contributed by atoms with Crippen molar-refractivity contribution in [3.63, 3.8) is 0 Å². The molecule has 0 aliphatic heterocycles. The molecule has 1 aromatic carbocycles. The van der Waals surface area contributed by atoms with Crippen LogP contribution in [0.1, 0.15) is 0 Å². The van der Waals surface area contributed by atoms with Gasteiger partial charge in [0.15, 0.2) is 16.7 Å². The Bertz CT molecular complexity index is 927. The van der Waals surface area contributed by atoms with Gasteiger partial charge in [-0.3, -0.25) is 0 Å². The molecular weight excluding hydrogens is 361 g/mol. The number of hydrogen-bond acceptors (Lipinski definition) is 5. The van der Waals surface area contributed by atoms with Crippen LogP contribution in [0.2, 0.25) is 5.15 Å². The highest BCUT2D eigenvalue weighted by Crippen LogP contribution is 2.29. The smallest absolute Gasteiger partial charge is 0.485 e. The van der Waals surface area contributed by atoms with Gasteiger partial charge < -0.3 is 9.47 Å². The molecule has 3 rings (SSSR count). The van der Waals surface area contributed by atoms with Gasteiger partial charge in [-0.2, -0.15) is 9.61 Å². The molecule has 0 spiro atoms. The second kappa shape index (κ2) is 6.60. The lowest BCUT2D eigenvalue weighted by Gasteiger charge is -2.09. The van der Waals surface area contributed by atoms with Crippen molar-refractivity contribution in [1.82, 2.24) is 19.8 Å². The lowest BCUT2D eigenvalue weighted by Crippen LogP contribution is -2.17. The Kier molecular flexibility index (Phi) is 4.49. The number of aromatic nitrogens is 4. The van der Waals surface area contributed by atoms with Crippen LogP contribution in [0.25, 0.3) is 17.0 Å². The fourth-order valence-electron chi connectivity index (χ4n) is 2.09. The van der Waals surface area contributed by atoms with E-state index in [4.69, 9.17) is 16.3 Å². The molecule has 0 bridgehead atoms. The summed E-state index contributed by atoms with van der Waals surface area (Å²) in [6, 6.07) is 6.77. The second-order valence-electron chi connectivity index (χ2n) is 4.77. The van der Waals surface area contributed by atoms with Gasteiger partial charge in [0.25, 0.3) is 0 Å². The zero-order chi connectivity index (χ0) is 18.0. The van der Waals surface area contributed by atoms with Gasteiger partial charge in [0.1, 0.15) is 12.4 Å². The molecule has 0 aliphatic carbocycles. The third kappa shape index (κ3) is 3.82. The first-order valence-electron chi connectivity index (χ1n) is 6.89. The second-order valence-corrected chi connectivity index (χ2v) is 5.15. The molecule has 0 atom stereocenters. The third-order valence-corrected chi connectivity index (χ3v) is 3.17. The molecule has 0 amide bonds. The normalized spacial score (nSPS) is 11.5. The highest BCUT2D eigenvalue weighted by atomic mass is 35.5. The molecule has 0 saturated carbocycles. The minimum absolute atomic E-state index is 0.107. The number of hydrogen-bond donors (Lipinski definition) is 0. The Hall–Kier alpha value is -2.81. The highest BCUT2D eigenvalue weighted by molar-refractivity contribution is 6.29.